The summed E-state index contributed by atoms with van der Waals surface area (Å²) in [6.07, 6.45) is 2.97. The maximum atomic E-state index is 11.3. The number of carbonyl (C=O) groups excluding carboxylic acids is 1. The quantitative estimate of drug-likeness (QED) is 0.853. The average Bonchev–Trinajstić information content (AvgIpc) is 2.29. The first-order valence-corrected chi connectivity index (χ1v) is 6.11. The molecule has 0 aliphatic carbocycles. The largest absolute Gasteiger partial charge is 0.353 e. The lowest BCUT2D eigenvalue weighted by atomic mass is 10.1. The average molecular weight is 233 g/mol. The van der Waals surface area contributed by atoms with Crippen molar-refractivity contribution in [2.45, 2.75) is 20.3 Å². The van der Waals surface area contributed by atoms with Crippen LogP contribution in [0.2, 0.25) is 0 Å². The van der Waals surface area contributed by atoms with Crippen molar-refractivity contribution >= 4 is 11.7 Å². The second-order valence-corrected chi connectivity index (χ2v) is 4.89. The van der Waals surface area contributed by atoms with Crippen LogP contribution in [0.5, 0.6) is 0 Å². The van der Waals surface area contributed by atoms with Gasteiger partial charge in [0.1, 0.15) is 5.82 Å². The highest BCUT2D eigenvalue weighted by Gasteiger charge is 2.17. The molecule has 0 radical (unpaired) electrons. The number of nitrogens with one attached hydrogen (secondary N) is 1. The Kier molecular flexibility index (Phi) is 3.61. The smallest absolute Gasteiger partial charge is 0.239 e. The predicted molar refractivity (Wildman–Crippen MR) is 68.0 cm³/mol. The first kappa shape index (κ1) is 11.9. The van der Waals surface area contributed by atoms with E-state index in [9.17, 15) is 4.79 Å². The summed E-state index contributed by atoms with van der Waals surface area (Å²) in [4.78, 5) is 17.7. The highest BCUT2D eigenvalue weighted by Crippen LogP contribution is 2.14. The van der Waals surface area contributed by atoms with Gasteiger partial charge in [-0.25, -0.2) is 4.98 Å². The number of hydrogen-bond acceptors (Lipinski definition) is 3. The number of carbonyl (C=O) groups is 1. The van der Waals surface area contributed by atoms with Crippen LogP contribution in [0.15, 0.2) is 18.3 Å². The van der Waals surface area contributed by atoms with Crippen LogP contribution < -0.4 is 10.2 Å². The Morgan fingerprint density at radius 1 is 1.47 bits per heavy atom. The molecule has 1 saturated heterocycles. The summed E-state index contributed by atoms with van der Waals surface area (Å²) in [6, 6.07) is 4.12. The van der Waals surface area contributed by atoms with E-state index in [-0.39, 0.29) is 5.91 Å². The van der Waals surface area contributed by atoms with Crippen molar-refractivity contribution in [1.29, 1.82) is 0 Å². The van der Waals surface area contributed by atoms with Gasteiger partial charge in [0.25, 0.3) is 0 Å². The van der Waals surface area contributed by atoms with Crippen LogP contribution in [-0.4, -0.2) is 30.5 Å². The second kappa shape index (κ2) is 5.17. The van der Waals surface area contributed by atoms with E-state index in [0.29, 0.717) is 19.0 Å². The van der Waals surface area contributed by atoms with Crippen LogP contribution in [0.3, 0.4) is 0 Å². The first-order valence-electron chi connectivity index (χ1n) is 6.11. The van der Waals surface area contributed by atoms with Gasteiger partial charge in [-0.05, 0) is 24.0 Å². The van der Waals surface area contributed by atoms with Gasteiger partial charge < -0.3 is 10.2 Å². The Balaban J connectivity index is 2.04. The highest BCUT2D eigenvalue weighted by atomic mass is 16.2. The van der Waals surface area contributed by atoms with E-state index in [0.717, 1.165) is 18.8 Å². The van der Waals surface area contributed by atoms with Gasteiger partial charge in [-0.1, -0.05) is 19.9 Å². The molecule has 1 aromatic rings. The van der Waals surface area contributed by atoms with Gasteiger partial charge in [0.05, 0.1) is 6.54 Å². The van der Waals surface area contributed by atoms with E-state index in [1.807, 2.05) is 17.2 Å². The van der Waals surface area contributed by atoms with Crippen LogP contribution >= 0.6 is 0 Å². The summed E-state index contributed by atoms with van der Waals surface area (Å²) >= 11 is 0. The van der Waals surface area contributed by atoms with Gasteiger partial charge in [-0.3, -0.25) is 4.79 Å². The molecule has 92 valence electrons. The lowest BCUT2D eigenvalue weighted by molar-refractivity contribution is -0.120. The molecule has 1 fully saturated rings. The van der Waals surface area contributed by atoms with Crippen molar-refractivity contribution in [2.75, 3.05) is 24.5 Å². The van der Waals surface area contributed by atoms with Gasteiger partial charge in [-0.2, -0.15) is 0 Å². The monoisotopic (exact) mass is 233 g/mol. The van der Waals surface area contributed by atoms with Crippen molar-refractivity contribution in [3.8, 4) is 0 Å². The van der Waals surface area contributed by atoms with E-state index in [2.05, 4.69) is 30.2 Å². The molecule has 0 atom stereocenters. The summed E-state index contributed by atoms with van der Waals surface area (Å²) in [5, 5.41) is 2.81. The molecule has 0 aromatic carbocycles. The summed E-state index contributed by atoms with van der Waals surface area (Å²) in [5.41, 5.74) is 1.25. The molecule has 0 unspecified atom stereocenters. The Labute approximate surface area is 102 Å². The summed E-state index contributed by atoms with van der Waals surface area (Å²) in [5.74, 6) is 1.61. The van der Waals surface area contributed by atoms with E-state index >= 15 is 0 Å². The number of anilines is 1. The van der Waals surface area contributed by atoms with Gasteiger partial charge in [0, 0.05) is 19.3 Å². The molecule has 2 heterocycles. The normalized spacial score (nSPS) is 16.2. The Bertz CT molecular complexity index is 386. The van der Waals surface area contributed by atoms with E-state index < -0.39 is 0 Å². The number of nitrogens with zero attached hydrogens (tertiary/aromatic N) is 2. The first-order chi connectivity index (χ1) is 8.15. The maximum absolute atomic E-state index is 11.3. The maximum Gasteiger partial charge on any atom is 0.239 e. The van der Waals surface area contributed by atoms with Gasteiger partial charge in [0.2, 0.25) is 5.91 Å². The van der Waals surface area contributed by atoms with Crippen molar-refractivity contribution in [1.82, 2.24) is 10.3 Å². The zero-order valence-electron chi connectivity index (χ0n) is 10.4. The molecule has 0 spiro atoms. The molecule has 17 heavy (non-hydrogen) atoms. The number of hydrogen-bond donors (Lipinski definition) is 1. The lowest BCUT2D eigenvalue weighted by Gasteiger charge is -2.27. The van der Waals surface area contributed by atoms with Crippen molar-refractivity contribution < 1.29 is 4.79 Å². The minimum absolute atomic E-state index is 0.0734. The van der Waals surface area contributed by atoms with Crippen molar-refractivity contribution in [3.63, 3.8) is 0 Å². The fourth-order valence-electron chi connectivity index (χ4n) is 2.03. The number of aromatic nitrogens is 1. The molecule has 0 saturated carbocycles. The third kappa shape index (κ3) is 3.19. The van der Waals surface area contributed by atoms with E-state index in [4.69, 9.17) is 0 Å². The molecule has 1 amide bonds. The topological polar surface area (TPSA) is 45.2 Å². The number of pyridine rings is 1. The van der Waals surface area contributed by atoms with Crippen LogP contribution in [0.1, 0.15) is 19.4 Å². The van der Waals surface area contributed by atoms with E-state index in [1.54, 1.807) is 0 Å². The van der Waals surface area contributed by atoms with E-state index in [1.165, 1.54) is 5.56 Å². The summed E-state index contributed by atoms with van der Waals surface area (Å²) in [6.45, 7) is 6.35. The zero-order valence-corrected chi connectivity index (χ0v) is 10.4. The molecule has 4 heteroatoms. The summed E-state index contributed by atoms with van der Waals surface area (Å²) in [7, 11) is 0. The minimum Gasteiger partial charge on any atom is -0.353 e. The lowest BCUT2D eigenvalue weighted by Crippen LogP contribution is -2.48. The molecular weight excluding hydrogens is 214 g/mol. The third-order valence-electron chi connectivity index (χ3n) is 2.82. The molecule has 1 aliphatic rings. The van der Waals surface area contributed by atoms with Gasteiger partial charge >= 0.3 is 0 Å². The van der Waals surface area contributed by atoms with Crippen LogP contribution in [0.25, 0.3) is 0 Å². The number of rotatable bonds is 3. The summed E-state index contributed by atoms with van der Waals surface area (Å²) < 4.78 is 0. The highest BCUT2D eigenvalue weighted by molar-refractivity contribution is 5.82. The standard InChI is InChI=1S/C13H19N3O/c1-10(2)7-11-3-4-12(15-8-11)16-6-5-14-13(17)9-16/h3-4,8,10H,5-7,9H2,1-2H3,(H,14,17). The van der Waals surface area contributed by atoms with Gasteiger partial charge in [-0.15, -0.1) is 0 Å². The van der Waals surface area contributed by atoms with Crippen LogP contribution in [-0.2, 0) is 11.2 Å². The van der Waals surface area contributed by atoms with Crippen LogP contribution in [0.4, 0.5) is 5.82 Å². The second-order valence-electron chi connectivity index (χ2n) is 4.89. The van der Waals surface area contributed by atoms with Crippen molar-refractivity contribution in [3.05, 3.63) is 23.9 Å². The number of piperazine rings is 1. The van der Waals surface area contributed by atoms with Crippen molar-refractivity contribution in [2.24, 2.45) is 5.92 Å². The molecule has 4 nitrogen and oxygen atoms in total. The predicted octanol–water partition coefficient (Wildman–Crippen LogP) is 1.22. The molecule has 1 aliphatic heterocycles. The molecule has 2 rings (SSSR count). The Morgan fingerprint density at radius 2 is 2.29 bits per heavy atom. The molecule has 0 bridgehead atoms. The molecule has 1 N–H and O–H groups in total. The Hall–Kier alpha value is -1.58. The SMILES string of the molecule is CC(C)Cc1ccc(N2CCNC(=O)C2)nc1. The fraction of sp³-hybridized carbons (Fsp3) is 0.538. The van der Waals surface area contributed by atoms with Crippen LogP contribution in [0, 0.1) is 5.92 Å². The van der Waals surface area contributed by atoms with Gasteiger partial charge in [0.15, 0.2) is 0 Å². The molecular formula is C13H19N3O. The number of amides is 1. The minimum atomic E-state index is 0.0734. The fourth-order valence-corrected chi connectivity index (χ4v) is 2.03. The zero-order chi connectivity index (χ0) is 12.3. The third-order valence-corrected chi connectivity index (χ3v) is 2.82. The Morgan fingerprint density at radius 3 is 2.88 bits per heavy atom. The molecule has 1 aromatic heterocycles.